The molecule has 1 N–H and O–H groups in total. The number of hydrogen-bond donors (Lipinski definition) is 1. The van der Waals surface area contributed by atoms with E-state index >= 15 is 0 Å². The zero-order chi connectivity index (χ0) is 8.60. The highest BCUT2D eigenvalue weighted by atomic mass is 16.5. The molecule has 2 aliphatic rings. The van der Waals surface area contributed by atoms with E-state index in [1.54, 1.807) is 0 Å². The Labute approximate surface area is 73.2 Å². The molecule has 12 heavy (non-hydrogen) atoms. The molecule has 2 nitrogen and oxygen atoms in total. The van der Waals surface area contributed by atoms with Gasteiger partial charge < -0.3 is 9.84 Å². The van der Waals surface area contributed by atoms with E-state index in [1.807, 2.05) is 6.08 Å². The molecule has 1 fully saturated rings. The first kappa shape index (κ1) is 8.11. The lowest BCUT2D eigenvalue weighted by Crippen LogP contribution is -2.27. The molecule has 2 unspecified atom stereocenters. The lowest BCUT2D eigenvalue weighted by atomic mass is 9.98. The Balaban J connectivity index is 2.10. The molecule has 2 heteroatoms. The maximum absolute atomic E-state index is 10.2. The van der Waals surface area contributed by atoms with Crippen LogP contribution >= 0.6 is 0 Å². The molecule has 0 bridgehead atoms. The third-order valence-electron chi connectivity index (χ3n) is 2.90. The molecule has 1 saturated carbocycles. The standard InChI is InChI=1S/C10H16O2/c1-8-4-5-10(11,7-8)9-3-2-6-12-9/h3,8,11H,2,4-7H2,1H3. The van der Waals surface area contributed by atoms with Crippen LogP contribution in [0.5, 0.6) is 0 Å². The summed E-state index contributed by atoms with van der Waals surface area (Å²) < 4.78 is 5.40. The highest BCUT2D eigenvalue weighted by Crippen LogP contribution is 2.40. The minimum Gasteiger partial charge on any atom is -0.495 e. The highest BCUT2D eigenvalue weighted by molar-refractivity contribution is 5.15. The summed E-state index contributed by atoms with van der Waals surface area (Å²) in [6.07, 6.45) is 5.88. The maximum atomic E-state index is 10.2. The van der Waals surface area contributed by atoms with E-state index in [4.69, 9.17) is 4.74 Å². The van der Waals surface area contributed by atoms with Crippen molar-refractivity contribution < 1.29 is 9.84 Å². The molecule has 68 valence electrons. The Hall–Kier alpha value is -0.500. The fraction of sp³-hybridized carbons (Fsp3) is 0.800. The molecule has 2 atom stereocenters. The maximum Gasteiger partial charge on any atom is 0.124 e. The Morgan fingerprint density at radius 2 is 2.50 bits per heavy atom. The van der Waals surface area contributed by atoms with Crippen molar-refractivity contribution in [1.29, 1.82) is 0 Å². The van der Waals surface area contributed by atoms with E-state index in [0.717, 1.165) is 38.0 Å². The Kier molecular flexibility index (Phi) is 1.87. The fourth-order valence-corrected chi connectivity index (χ4v) is 2.23. The van der Waals surface area contributed by atoms with Gasteiger partial charge in [0.05, 0.1) is 6.61 Å². The first-order valence-corrected chi connectivity index (χ1v) is 4.76. The molecule has 0 radical (unpaired) electrons. The molecular weight excluding hydrogens is 152 g/mol. The lowest BCUT2D eigenvalue weighted by molar-refractivity contribution is 0.0224. The second kappa shape index (κ2) is 2.77. The monoisotopic (exact) mass is 168 g/mol. The molecule has 0 saturated heterocycles. The first-order chi connectivity index (χ1) is 5.71. The van der Waals surface area contributed by atoms with Gasteiger partial charge in [0.25, 0.3) is 0 Å². The van der Waals surface area contributed by atoms with Gasteiger partial charge in [-0.2, -0.15) is 0 Å². The predicted molar refractivity (Wildman–Crippen MR) is 46.6 cm³/mol. The van der Waals surface area contributed by atoms with E-state index in [1.165, 1.54) is 0 Å². The van der Waals surface area contributed by atoms with Crippen molar-refractivity contribution in [3.8, 4) is 0 Å². The van der Waals surface area contributed by atoms with E-state index in [9.17, 15) is 5.11 Å². The van der Waals surface area contributed by atoms with Gasteiger partial charge in [-0.1, -0.05) is 6.92 Å². The van der Waals surface area contributed by atoms with Gasteiger partial charge in [-0.05, 0) is 31.3 Å². The Morgan fingerprint density at radius 1 is 1.67 bits per heavy atom. The van der Waals surface area contributed by atoms with E-state index in [2.05, 4.69) is 6.92 Å². The first-order valence-electron chi connectivity index (χ1n) is 4.76. The molecular formula is C10H16O2. The van der Waals surface area contributed by atoms with Crippen LogP contribution in [0.15, 0.2) is 11.8 Å². The van der Waals surface area contributed by atoms with Crippen LogP contribution in [-0.2, 0) is 4.74 Å². The smallest absolute Gasteiger partial charge is 0.124 e. The summed E-state index contributed by atoms with van der Waals surface area (Å²) in [5.74, 6) is 1.48. The van der Waals surface area contributed by atoms with Gasteiger partial charge in [0.15, 0.2) is 0 Å². The van der Waals surface area contributed by atoms with Crippen LogP contribution in [0.1, 0.15) is 32.6 Å². The van der Waals surface area contributed by atoms with Gasteiger partial charge in [-0.25, -0.2) is 0 Å². The van der Waals surface area contributed by atoms with Gasteiger partial charge in [0.2, 0.25) is 0 Å². The van der Waals surface area contributed by atoms with Crippen molar-refractivity contribution >= 4 is 0 Å². The third-order valence-corrected chi connectivity index (χ3v) is 2.90. The molecule has 1 heterocycles. The van der Waals surface area contributed by atoms with Crippen LogP contribution in [0, 0.1) is 5.92 Å². The van der Waals surface area contributed by atoms with E-state index in [0.29, 0.717) is 5.92 Å². The van der Waals surface area contributed by atoms with Crippen molar-refractivity contribution in [2.75, 3.05) is 6.61 Å². The zero-order valence-electron chi connectivity index (χ0n) is 7.55. The average molecular weight is 168 g/mol. The van der Waals surface area contributed by atoms with Crippen LogP contribution in [0.3, 0.4) is 0 Å². The van der Waals surface area contributed by atoms with Gasteiger partial charge in [-0.15, -0.1) is 0 Å². The van der Waals surface area contributed by atoms with Crippen molar-refractivity contribution in [1.82, 2.24) is 0 Å². The minimum absolute atomic E-state index is 0.615. The summed E-state index contributed by atoms with van der Waals surface area (Å²) in [6.45, 7) is 2.94. The van der Waals surface area contributed by atoms with Crippen LogP contribution in [0.4, 0.5) is 0 Å². The molecule has 1 aliphatic carbocycles. The molecule has 0 aromatic carbocycles. The molecule has 1 aliphatic heterocycles. The van der Waals surface area contributed by atoms with Crippen LogP contribution in [-0.4, -0.2) is 17.3 Å². The topological polar surface area (TPSA) is 29.5 Å². The van der Waals surface area contributed by atoms with Crippen molar-refractivity contribution in [3.05, 3.63) is 11.8 Å². The van der Waals surface area contributed by atoms with Crippen molar-refractivity contribution in [2.45, 2.75) is 38.2 Å². The summed E-state index contributed by atoms with van der Waals surface area (Å²) >= 11 is 0. The van der Waals surface area contributed by atoms with Gasteiger partial charge in [0, 0.05) is 6.42 Å². The summed E-state index contributed by atoms with van der Waals surface area (Å²) in [5.41, 5.74) is -0.615. The van der Waals surface area contributed by atoms with Gasteiger partial charge in [-0.3, -0.25) is 0 Å². The van der Waals surface area contributed by atoms with E-state index < -0.39 is 5.60 Å². The number of rotatable bonds is 1. The molecule has 2 rings (SSSR count). The molecule has 0 aromatic heterocycles. The fourth-order valence-electron chi connectivity index (χ4n) is 2.23. The largest absolute Gasteiger partial charge is 0.495 e. The number of hydrogen-bond acceptors (Lipinski definition) is 2. The SMILES string of the molecule is CC1CCC(O)(C2=CCCO2)C1. The number of ether oxygens (including phenoxy) is 1. The normalized spacial score (nSPS) is 41.2. The van der Waals surface area contributed by atoms with Crippen LogP contribution < -0.4 is 0 Å². The van der Waals surface area contributed by atoms with Crippen LogP contribution in [0.25, 0.3) is 0 Å². The summed E-state index contributed by atoms with van der Waals surface area (Å²) in [5, 5.41) is 10.2. The van der Waals surface area contributed by atoms with Gasteiger partial charge in [0.1, 0.15) is 11.4 Å². The Morgan fingerprint density at radius 3 is 3.00 bits per heavy atom. The molecule has 0 aromatic rings. The van der Waals surface area contributed by atoms with Crippen molar-refractivity contribution in [3.63, 3.8) is 0 Å². The predicted octanol–water partition coefficient (Wildman–Crippen LogP) is 1.84. The lowest BCUT2D eigenvalue weighted by Gasteiger charge is -2.23. The van der Waals surface area contributed by atoms with Crippen molar-refractivity contribution in [2.24, 2.45) is 5.92 Å². The highest BCUT2D eigenvalue weighted by Gasteiger charge is 2.40. The molecule has 0 amide bonds. The molecule has 0 spiro atoms. The number of aliphatic hydroxyl groups is 1. The second-order valence-corrected chi connectivity index (χ2v) is 4.09. The zero-order valence-corrected chi connectivity index (χ0v) is 7.55. The summed E-state index contributed by atoms with van der Waals surface area (Å²) in [6, 6.07) is 0. The van der Waals surface area contributed by atoms with E-state index in [-0.39, 0.29) is 0 Å². The summed E-state index contributed by atoms with van der Waals surface area (Å²) in [7, 11) is 0. The third kappa shape index (κ3) is 1.24. The quantitative estimate of drug-likeness (QED) is 0.647. The van der Waals surface area contributed by atoms with Gasteiger partial charge >= 0.3 is 0 Å². The average Bonchev–Trinajstić information content (AvgIpc) is 2.59. The Bertz CT molecular complexity index is 210. The van der Waals surface area contributed by atoms with Crippen LogP contribution in [0.2, 0.25) is 0 Å². The second-order valence-electron chi connectivity index (χ2n) is 4.09. The minimum atomic E-state index is -0.615. The summed E-state index contributed by atoms with van der Waals surface area (Å²) in [4.78, 5) is 0.